The molecule has 3 rings (SSSR count). The van der Waals surface area contributed by atoms with Gasteiger partial charge in [0, 0.05) is 6.54 Å². The van der Waals surface area contributed by atoms with Crippen LogP contribution < -0.4 is 4.74 Å². The summed E-state index contributed by atoms with van der Waals surface area (Å²) in [5.74, 6) is -4.94. The third-order valence-corrected chi connectivity index (χ3v) is 5.63. The lowest BCUT2D eigenvalue weighted by atomic mass is 10.1. The van der Waals surface area contributed by atoms with E-state index in [0.29, 0.717) is 19.4 Å². The molecule has 11 heteroatoms. The number of carbonyl (C=O) groups is 1. The van der Waals surface area contributed by atoms with E-state index in [0.717, 1.165) is 18.5 Å². The van der Waals surface area contributed by atoms with Gasteiger partial charge in [-0.15, -0.1) is 0 Å². The zero-order valence-electron chi connectivity index (χ0n) is 14.5. The summed E-state index contributed by atoms with van der Waals surface area (Å²) >= 11 is 0. The van der Waals surface area contributed by atoms with Crippen molar-refractivity contribution in [2.45, 2.75) is 29.6 Å². The number of rotatable bonds is 5. The Hall–Kier alpha value is -2.69. The molecular formula is C17H16F3N3O4S. The Bertz CT molecular complexity index is 954. The Kier molecular flexibility index (Phi) is 5.82. The van der Waals surface area contributed by atoms with Crippen LogP contribution in [-0.4, -0.2) is 54.1 Å². The summed E-state index contributed by atoms with van der Waals surface area (Å²) in [5.41, 5.74) is -0.318. The summed E-state index contributed by atoms with van der Waals surface area (Å²) in [5, 5.41) is 0. The number of halogens is 3. The van der Waals surface area contributed by atoms with E-state index >= 15 is 0 Å². The fourth-order valence-electron chi connectivity index (χ4n) is 2.89. The first-order valence-electron chi connectivity index (χ1n) is 8.33. The van der Waals surface area contributed by atoms with E-state index in [2.05, 4.69) is 9.97 Å². The highest BCUT2D eigenvalue weighted by Gasteiger charge is 2.33. The third-order valence-electron chi connectivity index (χ3n) is 4.19. The number of alkyl halides is 2. The van der Waals surface area contributed by atoms with Crippen LogP contribution in [0.5, 0.6) is 6.01 Å². The van der Waals surface area contributed by atoms with E-state index in [1.807, 2.05) is 0 Å². The minimum absolute atomic E-state index is 0.0543. The number of hydrogen-bond acceptors (Lipinski definition) is 6. The van der Waals surface area contributed by atoms with E-state index < -0.39 is 38.3 Å². The molecule has 1 aliphatic heterocycles. The van der Waals surface area contributed by atoms with Crippen molar-refractivity contribution in [1.82, 2.24) is 14.9 Å². The van der Waals surface area contributed by atoms with Gasteiger partial charge in [0.1, 0.15) is 6.10 Å². The Morgan fingerprint density at radius 3 is 2.57 bits per heavy atom. The number of aromatic nitrogens is 2. The van der Waals surface area contributed by atoms with Gasteiger partial charge in [0.15, 0.2) is 5.82 Å². The van der Waals surface area contributed by atoms with Crippen LogP contribution in [0, 0.1) is 5.82 Å². The Labute approximate surface area is 159 Å². The van der Waals surface area contributed by atoms with Gasteiger partial charge in [0.25, 0.3) is 5.91 Å². The van der Waals surface area contributed by atoms with Crippen LogP contribution in [0.1, 0.15) is 23.2 Å². The van der Waals surface area contributed by atoms with E-state index in [1.165, 1.54) is 23.1 Å². The van der Waals surface area contributed by atoms with Crippen molar-refractivity contribution in [3.05, 3.63) is 48.0 Å². The molecule has 0 bridgehead atoms. The van der Waals surface area contributed by atoms with E-state index in [1.54, 1.807) is 0 Å². The van der Waals surface area contributed by atoms with Crippen LogP contribution in [0.4, 0.5) is 13.2 Å². The number of sulfone groups is 1. The van der Waals surface area contributed by atoms with Crippen LogP contribution in [-0.2, 0) is 9.84 Å². The maximum atomic E-state index is 12.9. The molecule has 1 aromatic heterocycles. The van der Waals surface area contributed by atoms with Crippen molar-refractivity contribution >= 4 is 15.7 Å². The number of likely N-dealkylation sites (tertiary alicyclic amines) is 1. The van der Waals surface area contributed by atoms with Gasteiger partial charge >= 0.3 is 11.8 Å². The van der Waals surface area contributed by atoms with Crippen molar-refractivity contribution in [3.63, 3.8) is 0 Å². The molecule has 28 heavy (non-hydrogen) atoms. The van der Waals surface area contributed by atoms with Gasteiger partial charge in [0.2, 0.25) is 9.84 Å². The normalized spacial score (nSPS) is 17.6. The highest BCUT2D eigenvalue weighted by molar-refractivity contribution is 7.91. The maximum Gasteiger partial charge on any atom is 0.341 e. The number of nitrogens with zero attached hydrogens (tertiary/aromatic N) is 3. The van der Waals surface area contributed by atoms with Crippen molar-refractivity contribution in [2.75, 3.05) is 13.1 Å². The van der Waals surface area contributed by atoms with Crippen molar-refractivity contribution in [3.8, 4) is 6.01 Å². The molecule has 1 saturated heterocycles. The van der Waals surface area contributed by atoms with Crippen molar-refractivity contribution in [2.24, 2.45) is 0 Å². The molecule has 2 aromatic rings. The molecule has 1 fully saturated rings. The molecule has 0 saturated carbocycles. The van der Waals surface area contributed by atoms with Crippen molar-refractivity contribution in [1.29, 1.82) is 0 Å². The zero-order chi connectivity index (χ0) is 20.3. The van der Waals surface area contributed by atoms with E-state index in [4.69, 9.17) is 4.74 Å². The van der Waals surface area contributed by atoms with Gasteiger partial charge in [-0.05, 0) is 25.0 Å². The minimum atomic E-state index is -4.92. The maximum absolute atomic E-state index is 12.9. The number of hydrogen-bond donors (Lipinski definition) is 0. The fraction of sp³-hybridized carbons (Fsp3) is 0.353. The molecule has 0 radical (unpaired) electrons. The quantitative estimate of drug-likeness (QED) is 0.745. The molecule has 1 amide bonds. The molecule has 1 aliphatic rings. The molecule has 0 spiro atoms. The summed E-state index contributed by atoms with van der Waals surface area (Å²) in [7, 11) is -4.92. The fourth-order valence-corrected chi connectivity index (χ4v) is 3.81. The smallest absolute Gasteiger partial charge is 0.341 e. The van der Waals surface area contributed by atoms with Gasteiger partial charge in [0.05, 0.1) is 29.4 Å². The Balaban J connectivity index is 1.79. The Morgan fingerprint density at radius 1 is 1.21 bits per heavy atom. The lowest BCUT2D eigenvalue weighted by molar-refractivity contribution is 0.0512. The van der Waals surface area contributed by atoms with E-state index in [9.17, 15) is 26.4 Å². The lowest BCUT2D eigenvalue weighted by Gasteiger charge is -2.32. The summed E-state index contributed by atoms with van der Waals surface area (Å²) in [6, 6.07) is 4.81. The molecule has 0 N–H and O–H groups in total. The van der Waals surface area contributed by atoms with Gasteiger partial charge < -0.3 is 9.64 Å². The molecular weight excluding hydrogens is 399 g/mol. The van der Waals surface area contributed by atoms with Crippen LogP contribution in [0.3, 0.4) is 0 Å². The molecule has 7 nitrogen and oxygen atoms in total. The summed E-state index contributed by atoms with van der Waals surface area (Å²) in [4.78, 5) is 20.8. The number of amides is 1. The van der Waals surface area contributed by atoms with Crippen molar-refractivity contribution < 1.29 is 31.1 Å². The molecule has 1 atom stereocenters. The first kappa shape index (κ1) is 20.1. The minimum Gasteiger partial charge on any atom is -0.458 e. The van der Waals surface area contributed by atoms with E-state index in [-0.39, 0.29) is 18.1 Å². The second-order valence-corrected chi connectivity index (χ2v) is 8.01. The SMILES string of the molecule is O=C(c1ccccc1S(=O)(=O)C(F)F)N1CCCC(Oc2ncc(F)cn2)C1. The van der Waals surface area contributed by atoms with Gasteiger partial charge in [-0.2, -0.15) is 8.78 Å². The summed E-state index contributed by atoms with van der Waals surface area (Å²) < 4.78 is 68.1. The number of benzene rings is 1. The molecule has 1 aromatic carbocycles. The topological polar surface area (TPSA) is 89.5 Å². The lowest BCUT2D eigenvalue weighted by Crippen LogP contribution is -2.45. The third kappa shape index (κ3) is 4.24. The largest absolute Gasteiger partial charge is 0.458 e. The predicted molar refractivity (Wildman–Crippen MR) is 91.2 cm³/mol. The van der Waals surface area contributed by atoms with Gasteiger partial charge in [-0.1, -0.05) is 12.1 Å². The first-order valence-corrected chi connectivity index (χ1v) is 9.88. The zero-order valence-corrected chi connectivity index (χ0v) is 15.3. The molecule has 0 aliphatic carbocycles. The second kappa shape index (κ2) is 8.13. The van der Waals surface area contributed by atoms with Crippen LogP contribution in [0.15, 0.2) is 41.6 Å². The average molecular weight is 415 g/mol. The van der Waals surface area contributed by atoms with Crippen LogP contribution >= 0.6 is 0 Å². The average Bonchev–Trinajstić information content (AvgIpc) is 2.69. The standard InChI is InChI=1S/C17H16F3N3O4S/c18-11-8-21-17(22-9-11)27-12-4-3-7-23(10-12)15(24)13-5-1-2-6-14(13)28(25,26)16(19)20/h1-2,5-6,8-9,12,16H,3-4,7,10H2. The van der Waals surface area contributed by atoms with Crippen LogP contribution in [0.2, 0.25) is 0 Å². The monoisotopic (exact) mass is 415 g/mol. The first-order chi connectivity index (χ1) is 13.3. The number of ether oxygens (including phenoxy) is 1. The summed E-state index contributed by atoms with van der Waals surface area (Å²) in [6.07, 6.45) is 2.50. The molecule has 2 heterocycles. The predicted octanol–water partition coefficient (Wildman–Crippen LogP) is 2.30. The van der Waals surface area contributed by atoms with Gasteiger partial charge in [-0.25, -0.2) is 22.8 Å². The molecule has 1 unspecified atom stereocenters. The number of carbonyl (C=O) groups excluding carboxylic acids is 1. The summed E-state index contributed by atoms with van der Waals surface area (Å²) in [6.45, 7) is 0.397. The highest BCUT2D eigenvalue weighted by atomic mass is 32.2. The highest BCUT2D eigenvalue weighted by Crippen LogP contribution is 2.25. The molecule has 150 valence electrons. The second-order valence-electron chi connectivity index (χ2n) is 6.12. The Morgan fingerprint density at radius 2 is 1.89 bits per heavy atom. The van der Waals surface area contributed by atoms with Gasteiger partial charge in [-0.3, -0.25) is 4.79 Å². The van der Waals surface area contributed by atoms with Crippen LogP contribution in [0.25, 0.3) is 0 Å². The number of piperidine rings is 1.